The molecular formula is C46H57FIrNO2S-. The number of ketones is 1. The van der Waals surface area contributed by atoms with Gasteiger partial charge in [-0.15, -0.1) is 40.5 Å². The molecule has 0 aliphatic carbocycles. The number of fused-ring (bicyclic) bond motifs is 2. The fourth-order valence-electron chi connectivity index (χ4n) is 6.93. The van der Waals surface area contributed by atoms with Crippen LogP contribution < -0.4 is 0 Å². The number of aromatic nitrogens is 1. The molecule has 1 radical (unpaired) electrons. The number of thiophene rings is 1. The number of aliphatic hydroxyl groups is 1. The number of allylic oxidation sites excluding steroid dienone is 2. The minimum Gasteiger partial charge on any atom is -0.512 e. The van der Waals surface area contributed by atoms with Crippen LogP contribution in [-0.2, 0) is 31.3 Å². The number of benzene rings is 3. The zero-order valence-corrected chi connectivity index (χ0v) is 36.0. The molecule has 0 aliphatic rings. The summed E-state index contributed by atoms with van der Waals surface area (Å²) in [5.74, 6) is 0.956. The number of rotatable bonds is 13. The van der Waals surface area contributed by atoms with Crippen molar-refractivity contribution in [3.05, 3.63) is 101 Å². The first-order valence-electron chi connectivity index (χ1n) is 18.7. The van der Waals surface area contributed by atoms with Crippen molar-refractivity contribution < 1.29 is 34.4 Å². The molecule has 0 aliphatic heterocycles. The van der Waals surface area contributed by atoms with Crippen LogP contribution >= 0.6 is 11.3 Å². The van der Waals surface area contributed by atoms with Gasteiger partial charge >= 0.3 is 0 Å². The Balaban J connectivity index is 0.000000389. The van der Waals surface area contributed by atoms with Gasteiger partial charge in [0, 0.05) is 59.5 Å². The smallest absolute Gasteiger partial charge is 0.162 e. The van der Waals surface area contributed by atoms with Gasteiger partial charge in [0.2, 0.25) is 0 Å². The molecule has 5 rings (SSSR count). The average molecular weight is 899 g/mol. The van der Waals surface area contributed by atoms with E-state index < -0.39 is 0 Å². The number of halogens is 1. The van der Waals surface area contributed by atoms with E-state index in [2.05, 4.69) is 88.4 Å². The first-order valence-corrected chi connectivity index (χ1v) is 19.5. The number of aryl methyl sites for hydroxylation is 2. The van der Waals surface area contributed by atoms with E-state index in [0.717, 1.165) is 48.7 Å². The maximum Gasteiger partial charge on any atom is 0.162 e. The molecule has 0 spiro atoms. The Bertz CT molecular complexity index is 1980. The van der Waals surface area contributed by atoms with Crippen molar-refractivity contribution in [3.8, 4) is 21.7 Å². The summed E-state index contributed by atoms with van der Waals surface area (Å²) in [6.07, 6.45) is 7.57. The van der Waals surface area contributed by atoms with Gasteiger partial charge in [0.25, 0.3) is 0 Å². The molecule has 5 aromatic rings. The third-order valence-electron chi connectivity index (χ3n) is 10.2. The van der Waals surface area contributed by atoms with Crippen molar-refractivity contribution in [1.82, 2.24) is 4.98 Å². The maximum absolute atomic E-state index is 13.4. The third kappa shape index (κ3) is 10.1. The van der Waals surface area contributed by atoms with E-state index >= 15 is 0 Å². The Kier molecular flexibility index (Phi) is 16.0. The molecule has 281 valence electrons. The first-order chi connectivity index (χ1) is 24.3. The van der Waals surface area contributed by atoms with E-state index in [9.17, 15) is 14.3 Å². The van der Waals surface area contributed by atoms with Gasteiger partial charge in [0.05, 0.1) is 12.4 Å². The van der Waals surface area contributed by atoms with Crippen molar-refractivity contribution in [1.29, 1.82) is 0 Å². The second kappa shape index (κ2) is 19.2. The maximum atomic E-state index is 13.4. The molecule has 0 amide bonds. The summed E-state index contributed by atoms with van der Waals surface area (Å²) >= 11 is 1.81. The molecule has 0 saturated heterocycles. The van der Waals surface area contributed by atoms with E-state index in [1.165, 1.54) is 54.2 Å². The van der Waals surface area contributed by atoms with Crippen LogP contribution in [0.25, 0.3) is 42.6 Å². The molecule has 2 aromatic heterocycles. The molecule has 6 heteroatoms. The molecule has 3 nitrogen and oxygen atoms in total. The molecule has 0 atom stereocenters. The van der Waals surface area contributed by atoms with Crippen LogP contribution in [0.1, 0.15) is 109 Å². The molecule has 0 unspecified atom stereocenters. The number of alkyl halides is 1. The zero-order chi connectivity index (χ0) is 37.5. The third-order valence-corrected chi connectivity index (χ3v) is 11.5. The van der Waals surface area contributed by atoms with Crippen LogP contribution in [0.3, 0.4) is 0 Å². The van der Waals surface area contributed by atoms with Gasteiger partial charge < -0.3 is 5.11 Å². The molecule has 2 heterocycles. The summed E-state index contributed by atoms with van der Waals surface area (Å²) in [4.78, 5) is 17.9. The Morgan fingerprint density at radius 3 is 2.19 bits per heavy atom. The van der Waals surface area contributed by atoms with E-state index in [1.807, 2.05) is 59.1 Å². The van der Waals surface area contributed by atoms with Crippen molar-refractivity contribution in [2.24, 2.45) is 17.3 Å². The summed E-state index contributed by atoms with van der Waals surface area (Å²) in [5.41, 5.74) is 7.98. The van der Waals surface area contributed by atoms with Crippen LogP contribution in [0.4, 0.5) is 4.39 Å². The molecule has 0 fully saturated rings. The van der Waals surface area contributed by atoms with E-state index in [1.54, 1.807) is 0 Å². The molecule has 3 aromatic carbocycles. The predicted octanol–water partition coefficient (Wildman–Crippen LogP) is 13.7. The van der Waals surface area contributed by atoms with Crippen molar-refractivity contribution in [3.63, 3.8) is 0 Å². The fourth-order valence-corrected chi connectivity index (χ4v) is 8.33. The summed E-state index contributed by atoms with van der Waals surface area (Å²) in [6.45, 7) is 20.6. The van der Waals surface area contributed by atoms with Gasteiger partial charge in [-0.05, 0) is 91.0 Å². The minimum absolute atomic E-state index is 0. The molecule has 1 N–H and O–H groups in total. The number of hydrogen-bond acceptors (Lipinski definition) is 4. The standard InChI is InChI=1S/C33H33FNS.C13H24O2.Ir/c1-20(2)29-17-25(16-24-9-7-8-10-28(24)29)30-32-27(13-14-35-30)22(4)31(36-32)26-12-11-23(15-21(26)3)18-33(5,6)19-34;1-5-10(6-2)12(14)9-13(15)11(7-3)8-4;/h7-15,17,20H,18-19H2,1-6H3;9-11,14H,5-8H2,1-4H3;/q-1;;/b;12-9-;. The van der Waals surface area contributed by atoms with Crippen LogP contribution in [0.2, 0.25) is 0 Å². The van der Waals surface area contributed by atoms with Crippen molar-refractivity contribution in [2.45, 2.75) is 107 Å². The van der Waals surface area contributed by atoms with Gasteiger partial charge in [-0.3, -0.25) is 14.2 Å². The Hall–Kier alpha value is -3.18. The number of aliphatic hydroxyl groups excluding tert-OH is 1. The van der Waals surface area contributed by atoms with Crippen LogP contribution in [-0.4, -0.2) is 22.5 Å². The van der Waals surface area contributed by atoms with Gasteiger partial charge in [-0.2, -0.15) is 0 Å². The van der Waals surface area contributed by atoms with Gasteiger partial charge in [0.15, 0.2) is 5.78 Å². The molecule has 0 bridgehead atoms. The number of carbonyl (C=O) groups excluding carboxylic acids is 1. The Labute approximate surface area is 329 Å². The quantitative estimate of drug-likeness (QED) is 0.0728. The molecule has 0 saturated carbocycles. The largest absolute Gasteiger partial charge is 0.512 e. The monoisotopic (exact) mass is 899 g/mol. The van der Waals surface area contributed by atoms with Gasteiger partial charge in [-0.25, -0.2) is 0 Å². The van der Waals surface area contributed by atoms with Crippen molar-refractivity contribution >= 4 is 38.0 Å². The SMILES string of the molecule is CCC(CC)C(=O)/C=C(\O)C(CC)CC.Cc1cc(CC(C)(C)CF)ccc1-c1sc2c(-c3[c-]c4ccccc4c(C(C)C)c3)nccc2c1C.[Ir]. The number of hydrogen-bond donors (Lipinski definition) is 1. The minimum atomic E-state index is -0.340. The van der Waals surface area contributed by atoms with Gasteiger partial charge in [-0.1, -0.05) is 103 Å². The summed E-state index contributed by atoms with van der Waals surface area (Å²) in [6, 6.07) is 23.2. The van der Waals surface area contributed by atoms with Crippen LogP contribution in [0.15, 0.2) is 72.6 Å². The normalized spacial score (nSPS) is 12.1. The first kappa shape index (κ1) is 43.2. The topological polar surface area (TPSA) is 50.2 Å². The molecular weight excluding hydrogens is 842 g/mol. The van der Waals surface area contributed by atoms with Gasteiger partial charge in [0.1, 0.15) is 0 Å². The van der Waals surface area contributed by atoms with E-state index in [-0.39, 0.29) is 55.6 Å². The summed E-state index contributed by atoms with van der Waals surface area (Å²) < 4.78 is 14.6. The number of carbonyl (C=O) groups is 1. The van der Waals surface area contributed by atoms with E-state index in [4.69, 9.17) is 4.98 Å². The number of nitrogens with zero attached hydrogens (tertiary/aromatic N) is 1. The Morgan fingerprint density at radius 2 is 1.60 bits per heavy atom. The second-order valence-corrected chi connectivity index (χ2v) is 16.1. The van der Waals surface area contributed by atoms with E-state index in [0.29, 0.717) is 5.92 Å². The number of pyridine rings is 1. The zero-order valence-electron chi connectivity index (χ0n) is 32.7. The second-order valence-electron chi connectivity index (χ2n) is 15.1. The Morgan fingerprint density at radius 1 is 0.942 bits per heavy atom. The summed E-state index contributed by atoms with van der Waals surface area (Å²) in [5, 5.41) is 13.4. The molecule has 52 heavy (non-hydrogen) atoms. The predicted molar refractivity (Wildman–Crippen MR) is 218 cm³/mol. The van der Waals surface area contributed by atoms with Crippen LogP contribution in [0.5, 0.6) is 0 Å². The fraction of sp³-hybridized carbons (Fsp3) is 0.435. The van der Waals surface area contributed by atoms with Crippen LogP contribution in [0, 0.1) is 37.2 Å². The van der Waals surface area contributed by atoms with Crippen molar-refractivity contribution in [2.75, 3.05) is 6.67 Å². The average Bonchev–Trinajstić information content (AvgIpc) is 3.44. The summed E-state index contributed by atoms with van der Waals surface area (Å²) in [7, 11) is 0.